The Balaban J connectivity index is 1.41. The van der Waals surface area contributed by atoms with Crippen molar-refractivity contribution >= 4 is 69.5 Å². The predicted octanol–water partition coefficient (Wildman–Crippen LogP) is 6.22. The van der Waals surface area contributed by atoms with Crippen LogP contribution in [0.2, 0.25) is 0 Å². The molecule has 4 rings (SSSR count). The van der Waals surface area contributed by atoms with E-state index < -0.39 is 11.8 Å². The first-order chi connectivity index (χ1) is 18.9. The molecule has 4 aromatic rings. The first-order valence-corrected chi connectivity index (χ1v) is 14.0. The minimum absolute atomic E-state index is 0.0798. The Bertz CT molecular complexity index is 1460. The molecule has 39 heavy (non-hydrogen) atoms. The third-order valence-electron chi connectivity index (χ3n) is 5.43. The molecule has 0 bridgehead atoms. The zero-order valence-electron chi connectivity index (χ0n) is 20.9. The van der Waals surface area contributed by atoms with E-state index in [0.717, 1.165) is 14.2 Å². The molecule has 1 unspecified atom stereocenters. The highest BCUT2D eigenvalue weighted by Crippen LogP contribution is 2.26. The van der Waals surface area contributed by atoms with Gasteiger partial charge in [-0.1, -0.05) is 24.3 Å². The van der Waals surface area contributed by atoms with E-state index in [1.807, 2.05) is 49.4 Å². The molecule has 9 heteroatoms. The lowest BCUT2D eigenvalue weighted by molar-refractivity contribution is -0.115. The van der Waals surface area contributed by atoms with E-state index >= 15 is 0 Å². The van der Waals surface area contributed by atoms with Crippen molar-refractivity contribution in [1.29, 1.82) is 0 Å². The molecule has 3 aromatic carbocycles. The molecule has 0 aliphatic heterocycles. The molecule has 7 nitrogen and oxygen atoms in total. The molecule has 0 fully saturated rings. The highest BCUT2D eigenvalue weighted by Gasteiger charge is 2.17. The fourth-order valence-corrected chi connectivity index (χ4v) is 4.65. The summed E-state index contributed by atoms with van der Waals surface area (Å²) in [4.78, 5) is 43.4. The molecule has 0 saturated heterocycles. The van der Waals surface area contributed by atoms with Crippen molar-refractivity contribution in [3.63, 3.8) is 0 Å². The molecule has 0 aliphatic carbocycles. The molecular weight excluding hydrogens is 623 g/mol. The van der Waals surface area contributed by atoms with Gasteiger partial charge in [0.1, 0.15) is 5.70 Å². The Morgan fingerprint density at radius 1 is 0.846 bits per heavy atom. The average Bonchev–Trinajstić information content (AvgIpc) is 2.96. The van der Waals surface area contributed by atoms with Gasteiger partial charge in [0.15, 0.2) is 0 Å². The van der Waals surface area contributed by atoms with Gasteiger partial charge >= 0.3 is 0 Å². The van der Waals surface area contributed by atoms with Crippen molar-refractivity contribution in [2.75, 3.05) is 10.6 Å². The van der Waals surface area contributed by atoms with Gasteiger partial charge in [-0.05, 0) is 108 Å². The Labute approximate surface area is 244 Å². The van der Waals surface area contributed by atoms with Crippen LogP contribution in [0, 0.1) is 3.57 Å². The van der Waals surface area contributed by atoms with Crippen LogP contribution in [-0.2, 0) is 9.59 Å². The third-order valence-corrected chi connectivity index (χ3v) is 7.26. The van der Waals surface area contributed by atoms with Gasteiger partial charge in [-0.15, -0.1) is 11.8 Å². The number of rotatable bonds is 9. The molecule has 0 aliphatic rings. The van der Waals surface area contributed by atoms with Crippen LogP contribution in [0.25, 0.3) is 6.08 Å². The average molecular weight is 649 g/mol. The number of nitrogens with one attached hydrogen (secondary N) is 3. The highest BCUT2D eigenvalue weighted by atomic mass is 127. The second-order valence-electron chi connectivity index (χ2n) is 8.40. The van der Waals surface area contributed by atoms with Crippen LogP contribution in [0.3, 0.4) is 0 Å². The summed E-state index contributed by atoms with van der Waals surface area (Å²) in [6.07, 6.45) is 4.80. The number of carbonyl (C=O) groups is 3. The second-order valence-corrected chi connectivity index (χ2v) is 11.1. The van der Waals surface area contributed by atoms with Crippen molar-refractivity contribution < 1.29 is 14.4 Å². The summed E-state index contributed by atoms with van der Waals surface area (Å²) in [6, 6.07) is 27.0. The van der Waals surface area contributed by atoms with E-state index in [2.05, 4.69) is 43.5 Å². The van der Waals surface area contributed by atoms with Crippen LogP contribution in [0.4, 0.5) is 11.4 Å². The molecule has 1 aromatic heterocycles. The van der Waals surface area contributed by atoms with Crippen LogP contribution in [-0.4, -0.2) is 28.0 Å². The first kappa shape index (κ1) is 28.1. The number of anilines is 2. The Morgan fingerprint density at radius 2 is 1.51 bits per heavy atom. The zero-order chi connectivity index (χ0) is 27.6. The van der Waals surface area contributed by atoms with Gasteiger partial charge in [0.25, 0.3) is 11.8 Å². The molecule has 3 N–H and O–H groups in total. The minimum atomic E-state index is -0.478. The van der Waals surface area contributed by atoms with Crippen LogP contribution in [0.1, 0.15) is 22.8 Å². The van der Waals surface area contributed by atoms with Gasteiger partial charge in [0, 0.05) is 37.8 Å². The summed E-state index contributed by atoms with van der Waals surface area (Å²) in [7, 11) is 0. The quantitative estimate of drug-likeness (QED) is 0.114. The second kappa shape index (κ2) is 13.7. The molecule has 196 valence electrons. The maximum absolute atomic E-state index is 13.2. The zero-order valence-corrected chi connectivity index (χ0v) is 23.9. The number of amides is 3. The normalized spacial score (nSPS) is 11.8. The first-order valence-electron chi connectivity index (χ1n) is 12.0. The van der Waals surface area contributed by atoms with Gasteiger partial charge in [-0.2, -0.15) is 0 Å². The van der Waals surface area contributed by atoms with Gasteiger partial charge in [-0.25, -0.2) is 0 Å². The van der Waals surface area contributed by atoms with Crippen molar-refractivity contribution in [2.45, 2.75) is 17.1 Å². The molecular formula is C30H25IN4O3S. The number of hydrogen-bond donors (Lipinski definition) is 3. The van der Waals surface area contributed by atoms with Crippen molar-refractivity contribution in [2.24, 2.45) is 0 Å². The lowest BCUT2D eigenvalue weighted by Crippen LogP contribution is -2.30. The third kappa shape index (κ3) is 8.52. The smallest absolute Gasteiger partial charge is 0.272 e. The summed E-state index contributed by atoms with van der Waals surface area (Å²) in [5.74, 6) is -0.975. The van der Waals surface area contributed by atoms with Crippen molar-refractivity contribution in [3.8, 4) is 0 Å². The topological polar surface area (TPSA) is 100 Å². The summed E-state index contributed by atoms with van der Waals surface area (Å²) in [5.41, 5.74) is 2.48. The molecule has 3 amide bonds. The van der Waals surface area contributed by atoms with E-state index in [1.165, 1.54) is 11.8 Å². The van der Waals surface area contributed by atoms with Gasteiger partial charge in [0.05, 0.1) is 5.25 Å². The summed E-state index contributed by atoms with van der Waals surface area (Å²) in [5, 5.41) is 8.13. The number of pyridine rings is 1. The number of carbonyl (C=O) groups excluding carboxylic acids is 3. The number of benzene rings is 3. The van der Waals surface area contributed by atoms with E-state index in [4.69, 9.17) is 0 Å². The molecule has 0 radical (unpaired) electrons. The predicted molar refractivity (Wildman–Crippen MR) is 164 cm³/mol. The number of halogens is 1. The maximum atomic E-state index is 13.2. The summed E-state index contributed by atoms with van der Waals surface area (Å²) < 4.78 is 1.10. The van der Waals surface area contributed by atoms with Crippen molar-refractivity contribution in [1.82, 2.24) is 10.3 Å². The largest absolute Gasteiger partial charge is 0.325 e. The number of nitrogens with zero attached hydrogens (tertiary/aromatic N) is 1. The Morgan fingerprint density at radius 3 is 2.18 bits per heavy atom. The molecule has 0 spiro atoms. The van der Waals surface area contributed by atoms with E-state index in [-0.39, 0.29) is 16.9 Å². The fourth-order valence-electron chi connectivity index (χ4n) is 3.42. The fraction of sp³-hybridized carbons (Fsp3) is 0.0667. The summed E-state index contributed by atoms with van der Waals surface area (Å²) in [6.45, 7) is 1.84. The van der Waals surface area contributed by atoms with E-state index in [9.17, 15) is 14.4 Å². The minimum Gasteiger partial charge on any atom is -0.325 e. The van der Waals surface area contributed by atoms with Crippen LogP contribution < -0.4 is 16.0 Å². The van der Waals surface area contributed by atoms with Crippen molar-refractivity contribution in [3.05, 3.63) is 124 Å². The van der Waals surface area contributed by atoms with Gasteiger partial charge in [0.2, 0.25) is 5.91 Å². The van der Waals surface area contributed by atoms with Gasteiger partial charge in [-0.3, -0.25) is 19.4 Å². The molecule has 1 atom stereocenters. The highest BCUT2D eigenvalue weighted by molar-refractivity contribution is 14.1. The van der Waals surface area contributed by atoms with Crippen LogP contribution in [0.15, 0.2) is 114 Å². The molecule has 1 heterocycles. The maximum Gasteiger partial charge on any atom is 0.272 e. The summed E-state index contributed by atoms with van der Waals surface area (Å²) >= 11 is 3.63. The van der Waals surface area contributed by atoms with E-state index in [1.54, 1.807) is 67.0 Å². The number of hydrogen-bond acceptors (Lipinski definition) is 5. The van der Waals surface area contributed by atoms with E-state index in [0.29, 0.717) is 16.8 Å². The monoisotopic (exact) mass is 648 g/mol. The lowest BCUT2D eigenvalue weighted by Gasteiger charge is -2.13. The number of thioether (sulfide) groups is 1. The standard InChI is InChI=1S/C30H25IN4O3S/c1-20(28(36)33-24-11-9-23(31)10-12-24)39-26-15-13-25(14-16-26)34-30(38)27(18-21-6-5-17-32-19-21)35-29(37)22-7-3-2-4-8-22/h2-20H,1H3,(H,33,36)(H,34,38)(H,35,37)/b27-18-. The van der Waals surface area contributed by atoms with Gasteiger partial charge < -0.3 is 16.0 Å². The lowest BCUT2D eigenvalue weighted by atomic mass is 10.2. The Kier molecular flexibility index (Phi) is 9.87. The van der Waals surface area contributed by atoms with Crippen LogP contribution in [0.5, 0.6) is 0 Å². The van der Waals surface area contributed by atoms with Crippen LogP contribution >= 0.6 is 34.4 Å². The number of aromatic nitrogens is 1. The SMILES string of the molecule is CC(Sc1ccc(NC(=O)/C(=C/c2cccnc2)NC(=O)c2ccccc2)cc1)C(=O)Nc1ccc(I)cc1. The Hall–Kier alpha value is -3.96. The molecule has 0 saturated carbocycles.